The van der Waals surface area contributed by atoms with E-state index in [0.29, 0.717) is 17.3 Å². The number of halogens is 1. The lowest BCUT2D eigenvalue weighted by atomic mass is 10.0. The zero-order valence-electron chi connectivity index (χ0n) is 24.4. The summed E-state index contributed by atoms with van der Waals surface area (Å²) in [4.78, 5) is 28.6. The van der Waals surface area contributed by atoms with E-state index in [-0.39, 0.29) is 23.3 Å². The Bertz CT molecular complexity index is 1410. The highest BCUT2D eigenvalue weighted by atomic mass is 35.5. The van der Waals surface area contributed by atoms with Gasteiger partial charge in [0.15, 0.2) is 0 Å². The van der Waals surface area contributed by atoms with Crippen LogP contribution in [-0.4, -0.2) is 44.3 Å². The highest BCUT2D eigenvalue weighted by molar-refractivity contribution is 7.92. The summed E-state index contributed by atoms with van der Waals surface area (Å²) >= 11 is 6.06. The number of amides is 2. The lowest BCUT2D eigenvalue weighted by Crippen LogP contribution is -2.51. The Kier molecular flexibility index (Phi) is 11.4. The van der Waals surface area contributed by atoms with Crippen LogP contribution in [0.4, 0.5) is 5.69 Å². The first-order valence-electron chi connectivity index (χ1n) is 13.9. The van der Waals surface area contributed by atoms with Crippen molar-refractivity contribution in [2.75, 3.05) is 17.4 Å². The molecule has 9 heteroatoms. The van der Waals surface area contributed by atoms with Crippen LogP contribution in [0, 0.1) is 6.92 Å². The van der Waals surface area contributed by atoms with Crippen molar-refractivity contribution >= 4 is 39.1 Å². The smallest absolute Gasteiger partial charge is 0.264 e. The molecule has 3 aromatic carbocycles. The summed E-state index contributed by atoms with van der Waals surface area (Å²) in [5.74, 6) is -0.536. The maximum Gasteiger partial charge on any atom is 0.264 e. The number of nitrogens with zero attached hydrogens (tertiary/aromatic N) is 2. The van der Waals surface area contributed by atoms with Crippen molar-refractivity contribution in [3.63, 3.8) is 0 Å². The SMILES string of the molecule is CCCCNC(=O)C(C)N(Cc1ccc(Cl)cc1)C(=O)CN(c1ccc(C(C)C)cc1)S(=O)(=O)c1ccc(C)cc1. The molecular weight excluding hydrogens is 558 g/mol. The van der Waals surface area contributed by atoms with Crippen LogP contribution < -0.4 is 9.62 Å². The van der Waals surface area contributed by atoms with Crippen molar-refractivity contribution in [2.24, 2.45) is 0 Å². The van der Waals surface area contributed by atoms with Gasteiger partial charge in [-0.2, -0.15) is 0 Å². The van der Waals surface area contributed by atoms with Gasteiger partial charge in [0.1, 0.15) is 12.6 Å². The Morgan fingerprint density at radius 3 is 2.07 bits per heavy atom. The third-order valence-corrected chi connectivity index (χ3v) is 9.04. The van der Waals surface area contributed by atoms with Gasteiger partial charge in [0.05, 0.1) is 10.6 Å². The molecule has 0 bridgehead atoms. The molecule has 41 heavy (non-hydrogen) atoms. The van der Waals surface area contributed by atoms with Crippen molar-refractivity contribution < 1.29 is 18.0 Å². The first-order valence-corrected chi connectivity index (χ1v) is 15.8. The molecule has 0 saturated carbocycles. The summed E-state index contributed by atoms with van der Waals surface area (Å²) in [5, 5.41) is 3.44. The third-order valence-electron chi connectivity index (χ3n) is 7.00. The summed E-state index contributed by atoms with van der Waals surface area (Å²) < 4.78 is 29.0. The van der Waals surface area contributed by atoms with E-state index in [2.05, 4.69) is 19.2 Å². The molecule has 2 amide bonds. The van der Waals surface area contributed by atoms with Crippen LogP contribution in [-0.2, 0) is 26.2 Å². The predicted octanol–water partition coefficient (Wildman–Crippen LogP) is 6.30. The Labute approximate surface area is 249 Å². The molecule has 0 heterocycles. The number of aryl methyl sites for hydroxylation is 1. The topological polar surface area (TPSA) is 86.8 Å². The summed E-state index contributed by atoms with van der Waals surface area (Å²) in [6.45, 7) is 9.82. The van der Waals surface area contributed by atoms with E-state index in [1.807, 2.05) is 26.0 Å². The first-order chi connectivity index (χ1) is 19.4. The monoisotopic (exact) mass is 597 g/mol. The third kappa shape index (κ3) is 8.57. The molecule has 0 aliphatic rings. The summed E-state index contributed by atoms with van der Waals surface area (Å²) in [6.07, 6.45) is 1.74. The highest BCUT2D eigenvalue weighted by Crippen LogP contribution is 2.27. The van der Waals surface area contributed by atoms with Gasteiger partial charge in [-0.05, 0) is 73.7 Å². The zero-order valence-corrected chi connectivity index (χ0v) is 26.0. The Balaban J connectivity index is 2.01. The number of carbonyl (C=O) groups is 2. The number of carbonyl (C=O) groups excluding carboxylic acids is 2. The van der Waals surface area contributed by atoms with Gasteiger partial charge in [-0.3, -0.25) is 13.9 Å². The van der Waals surface area contributed by atoms with Crippen molar-refractivity contribution in [2.45, 2.75) is 70.9 Å². The largest absolute Gasteiger partial charge is 0.354 e. The highest BCUT2D eigenvalue weighted by Gasteiger charge is 2.32. The van der Waals surface area contributed by atoms with Crippen LogP contribution >= 0.6 is 11.6 Å². The fraction of sp³-hybridized carbons (Fsp3) is 0.375. The van der Waals surface area contributed by atoms with Gasteiger partial charge < -0.3 is 10.2 Å². The van der Waals surface area contributed by atoms with E-state index in [1.165, 1.54) is 4.90 Å². The fourth-order valence-electron chi connectivity index (χ4n) is 4.30. The minimum absolute atomic E-state index is 0.0819. The van der Waals surface area contributed by atoms with Crippen LogP contribution in [0.5, 0.6) is 0 Å². The number of benzene rings is 3. The quantitative estimate of drug-likeness (QED) is 0.234. The maximum absolute atomic E-state index is 14.0. The second-order valence-corrected chi connectivity index (χ2v) is 12.8. The molecule has 1 N–H and O–H groups in total. The van der Waals surface area contributed by atoms with Crippen LogP contribution in [0.25, 0.3) is 0 Å². The molecule has 0 spiro atoms. The summed E-state index contributed by atoms with van der Waals surface area (Å²) in [7, 11) is -4.11. The van der Waals surface area contributed by atoms with Gasteiger partial charge >= 0.3 is 0 Å². The molecule has 0 fully saturated rings. The number of hydrogen-bond acceptors (Lipinski definition) is 4. The molecule has 1 unspecified atom stereocenters. The standard InChI is InChI=1S/C32H40ClN3O4S/c1-6-7-20-34-32(38)25(5)35(21-26-10-14-28(33)15-11-26)31(37)22-36(29-16-12-27(13-17-29)23(2)3)41(39,40)30-18-8-24(4)9-19-30/h8-19,23,25H,6-7,20-22H2,1-5H3,(H,34,38). The molecule has 220 valence electrons. The van der Waals surface area contributed by atoms with Crippen LogP contribution in [0.15, 0.2) is 77.7 Å². The molecule has 0 aliphatic heterocycles. The van der Waals surface area contributed by atoms with Gasteiger partial charge in [0.2, 0.25) is 11.8 Å². The molecule has 0 radical (unpaired) electrons. The van der Waals surface area contributed by atoms with Crippen molar-refractivity contribution in [1.29, 1.82) is 0 Å². The molecule has 0 aliphatic carbocycles. The molecule has 3 rings (SSSR count). The Morgan fingerprint density at radius 1 is 0.902 bits per heavy atom. The minimum Gasteiger partial charge on any atom is -0.354 e. The number of hydrogen-bond donors (Lipinski definition) is 1. The fourth-order valence-corrected chi connectivity index (χ4v) is 5.84. The van der Waals surface area contributed by atoms with Gasteiger partial charge in [0.25, 0.3) is 10.0 Å². The number of sulfonamides is 1. The van der Waals surface area contributed by atoms with E-state index in [9.17, 15) is 18.0 Å². The second kappa shape index (κ2) is 14.5. The predicted molar refractivity (Wildman–Crippen MR) is 166 cm³/mol. The molecule has 0 saturated heterocycles. The number of unbranched alkanes of at least 4 members (excludes halogenated alkanes) is 1. The van der Waals surface area contributed by atoms with E-state index < -0.39 is 28.5 Å². The lowest BCUT2D eigenvalue weighted by Gasteiger charge is -2.32. The van der Waals surface area contributed by atoms with Crippen molar-refractivity contribution in [3.05, 3.63) is 94.5 Å². The lowest BCUT2D eigenvalue weighted by molar-refractivity contribution is -0.139. The summed E-state index contributed by atoms with van der Waals surface area (Å²) in [5.41, 5.74) is 3.11. The van der Waals surface area contributed by atoms with Crippen LogP contribution in [0.1, 0.15) is 63.1 Å². The van der Waals surface area contributed by atoms with E-state index in [4.69, 9.17) is 11.6 Å². The summed E-state index contributed by atoms with van der Waals surface area (Å²) in [6, 6.07) is 19.9. The molecule has 7 nitrogen and oxygen atoms in total. The molecule has 3 aromatic rings. The van der Waals surface area contributed by atoms with Crippen molar-refractivity contribution in [3.8, 4) is 0 Å². The maximum atomic E-state index is 14.0. The van der Waals surface area contributed by atoms with E-state index in [0.717, 1.165) is 33.8 Å². The Morgan fingerprint density at radius 2 is 1.51 bits per heavy atom. The van der Waals surface area contributed by atoms with Crippen LogP contribution in [0.3, 0.4) is 0 Å². The minimum atomic E-state index is -4.11. The first kappa shape index (κ1) is 32.2. The molecule has 0 aromatic heterocycles. The van der Waals surface area contributed by atoms with Gasteiger partial charge in [0, 0.05) is 18.1 Å². The van der Waals surface area contributed by atoms with Gasteiger partial charge in [-0.15, -0.1) is 0 Å². The van der Waals surface area contributed by atoms with Gasteiger partial charge in [-0.1, -0.05) is 80.8 Å². The number of nitrogens with one attached hydrogen (secondary N) is 1. The van der Waals surface area contributed by atoms with E-state index in [1.54, 1.807) is 67.6 Å². The zero-order chi connectivity index (χ0) is 30.2. The number of anilines is 1. The van der Waals surface area contributed by atoms with Crippen molar-refractivity contribution in [1.82, 2.24) is 10.2 Å². The molecule has 1 atom stereocenters. The second-order valence-electron chi connectivity index (χ2n) is 10.5. The number of rotatable bonds is 13. The van der Waals surface area contributed by atoms with Crippen LogP contribution in [0.2, 0.25) is 5.02 Å². The average molecular weight is 598 g/mol. The van der Waals surface area contributed by atoms with Gasteiger partial charge in [-0.25, -0.2) is 8.42 Å². The van der Waals surface area contributed by atoms with E-state index >= 15 is 0 Å². The molecular formula is C32H40ClN3O4S. The Hall–Kier alpha value is -3.36. The average Bonchev–Trinajstić information content (AvgIpc) is 2.95. The normalized spacial score (nSPS) is 12.2.